The van der Waals surface area contributed by atoms with E-state index in [1.54, 1.807) is 23.1 Å². The van der Waals surface area contributed by atoms with E-state index in [2.05, 4.69) is 4.74 Å². The van der Waals surface area contributed by atoms with Crippen LogP contribution in [-0.2, 0) is 10.0 Å². The Hall–Kier alpha value is -1.23. The average molecular weight is 424 g/mol. The molecular weight excluding hydrogens is 407 g/mol. The summed E-state index contributed by atoms with van der Waals surface area (Å²) in [5.74, 6) is 0.220. The zero-order valence-corrected chi connectivity index (χ0v) is 15.9. The number of rotatable bonds is 4. The van der Waals surface area contributed by atoms with Crippen LogP contribution in [0.25, 0.3) is 0 Å². The SMILES string of the molecule is O=S(=O)(c1ccc(OC(F)(F)F)cc1)N1CCS[C@H](c2cccs2)CC1. The van der Waals surface area contributed by atoms with Crippen molar-refractivity contribution in [3.05, 3.63) is 46.7 Å². The number of alkyl halides is 3. The highest BCUT2D eigenvalue weighted by molar-refractivity contribution is 7.99. The van der Waals surface area contributed by atoms with Crippen LogP contribution in [-0.4, -0.2) is 37.9 Å². The maximum Gasteiger partial charge on any atom is 0.573 e. The Labute approximate surface area is 158 Å². The van der Waals surface area contributed by atoms with Crippen molar-refractivity contribution in [1.29, 1.82) is 0 Å². The Balaban J connectivity index is 1.71. The van der Waals surface area contributed by atoms with Crippen molar-refractivity contribution >= 4 is 33.1 Å². The third kappa shape index (κ3) is 4.73. The fourth-order valence-corrected chi connectivity index (χ4v) is 6.46. The lowest BCUT2D eigenvalue weighted by atomic mass is 10.2. The maximum absolute atomic E-state index is 12.8. The fraction of sp³-hybridized carbons (Fsp3) is 0.375. The lowest BCUT2D eigenvalue weighted by molar-refractivity contribution is -0.274. The molecule has 2 aromatic rings. The summed E-state index contributed by atoms with van der Waals surface area (Å²) in [5, 5.41) is 2.26. The Morgan fingerprint density at radius 1 is 1.12 bits per heavy atom. The van der Waals surface area contributed by atoms with E-state index in [4.69, 9.17) is 0 Å². The topological polar surface area (TPSA) is 46.6 Å². The van der Waals surface area contributed by atoms with E-state index in [-0.39, 0.29) is 10.1 Å². The van der Waals surface area contributed by atoms with E-state index in [0.717, 1.165) is 24.3 Å². The van der Waals surface area contributed by atoms with E-state index >= 15 is 0 Å². The molecule has 0 bridgehead atoms. The second kappa shape index (κ2) is 7.79. The van der Waals surface area contributed by atoms with Gasteiger partial charge in [0.15, 0.2) is 0 Å². The van der Waals surface area contributed by atoms with Crippen LogP contribution in [0.2, 0.25) is 0 Å². The molecule has 142 valence electrons. The number of ether oxygens (including phenoxy) is 1. The highest BCUT2D eigenvalue weighted by Crippen LogP contribution is 2.37. The molecular formula is C16H16F3NO3S3. The molecule has 1 aromatic carbocycles. The van der Waals surface area contributed by atoms with E-state index in [9.17, 15) is 21.6 Å². The predicted molar refractivity (Wildman–Crippen MR) is 96.0 cm³/mol. The summed E-state index contributed by atoms with van der Waals surface area (Å²) >= 11 is 3.38. The van der Waals surface area contributed by atoms with Gasteiger partial charge in [-0.1, -0.05) is 6.07 Å². The van der Waals surface area contributed by atoms with Gasteiger partial charge in [-0.05, 0) is 42.1 Å². The number of thiophene rings is 1. The van der Waals surface area contributed by atoms with Crippen LogP contribution in [0, 0.1) is 0 Å². The predicted octanol–water partition coefficient (Wildman–Crippen LogP) is 4.52. The molecule has 1 fully saturated rings. The Morgan fingerprint density at radius 3 is 2.46 bits per heavy atom. The number of thioether (sulfide) groups is 1. The van der Waals surface area contributed by atoms with Crippen LogP contribution in [0.15, 0.2) is 46.7 Å². The molecule has 0 N–H and O–H groups in total. The smallest absolute Gasteiger partial charge is 0.406 e. The lowest BCUT2D eigenvalue weighted by Gasteiger charge is -2.20. The summed E-state index contributed by atoms with van der Waals surface area (Å²) in [4.78, 5) is 1.19. The van der Waals surface area contributed by atoms with Crippen LogP contribution in [0.4, 0.5) is 13.2 Å². The highest BCUT2D eigenvalue weighted by atomic mass is 32.2. The number of benzene rings is 1. The molecule has 1 aliphatic heterocycles. The number of halogens is 3. The van der Waals surface area contributed by atoms with Gasteiger partial charge in [0.1, 0.15) is 5.75 Å². The van der Waals surface area contributed by atoms with Crippen LogP contribution in [0.5, 0.6) is 5.75 Å². The molecule has 0 saturated carbocycles. The molecule has 1 atom stereocenters. The van der Waals surface area contributed by atoms with E-state index in [1.165, 1.54) is 9.18 Å². The molecule has 1 aromatic heterocycles. The standard InChI is InChI=1S/C16H16F3NO3S3/c17-16(18,19)23-12-3-5-13(6-4-12)26(21,22)20-8-7-15(25-11-9-20)14-2-1-10-24-14/h1-6,10,15H,7-9,11H2/t15-/m0/s1. The first-order valence-corrected chi connectivity index (χ1v) is 11.1. The molecule has 4 nitrogen and oxygen atoms in total. The van der Waals surface area contributed by atoms with Gasteiger partial charge < -0.3 is 4.74 Å². The van der Waals surface area contributed by atoms with Crippen molar-refractivity contribution in [2.75, 3.05) is 18.8 Å². The monoisotopic (exact) mass is 423 g/mol. The minimum absolute atomic E-state index is 0.0356. The van der Waals surface area contributed by atoms with Gasteiger partial charge in [0.2, 0.25) is 10.0 Å². The number of sulfonamides is 1. The molecule has 0 spiro atoms. The summed E-state index contributed by atoms with van der Waals surface area (Å²) < 4.78 is 67.4. The summed E-state index contributed by atoms with van der Waals surface area (Å²) in [6.07, 6.45) is -4.11. The first-order valence-electron chi connectivity index (χ1n) is 7.77. The van der Waals surface area contributed by atoms with Gasteiger partial charge in [-0.15, -0.1) is 24.5 Å². The Morgan fingerprint density at radius 2 is 1.85 bits per heavy atom. The zero-order valence-electron chi connectivity index (χ0n) is 13.5. The normalized spacial score (nSPS) is 19.9. The molecule has 0 aliphatic carbocycles. The molecule has 1 saturated heterocycles. The van der Waals surface area contributed by atoms with Crippen molar-refractivity contribution < 1.29 is 26.3 Å². The van der Waals surface area contributed by atoms with Gasteiger partial charge in [0.25, 0.3) is 0 Å². The molecule has 0 unspecified atom stereocenters. The van der Waals surface area contributed by atoms with E-state index in [0.29, 0.717) is 25.3 Å². The van der Waals surface area contributed by atoms with Gasteiger partial charge >= 0.3 is 6.36 Å². The Bertz CT molecular complexity index is 821. The van der Waals surface area contributed by atoms with E-state index < -0.39 is 22.1 Å². The van der Waals surface area contributed by atoms with Crippen molar-refractivity contribution in [2.24, 2.45) is 0 Å². The maximum atomic E-state index is 12.8. The summed E-state index contributed by atoms with van der Waals surface area (Å²) in [7, 11) is -3.75. The van der Waals surface area contributed by atoms with Crippen LogP contribution >= 0.6 is 23.1 Å². The first-order chi connectivity index (χ1) is 12.3. The summed E-state index contributed by atoms with van der Waals surface area (Å²) in [6, 6.07) is 8.34. The third-order valence-electron chi connectivity index (χ3n) is 3.86. The van der Waals surface area contributed by atoms with Crippen LogP contribution < -0.4 is 4.74 Å². The van der Waals surface area contributed by atoms with Gasteiger partial charge in [-0.2, -0.15) is 16.1 Å². The van der Waals surface area contributed by atoms with E-state index in [1.807, 2.05) is 17.5 Å². The number of hydrogen-bond acceptors (Lipinski definition) is 5. The zero-order chi connectivity index (χ0) is 18.8. The fourth-order valence-electron chi connectivity index (χ4n) is 2.65. The lowest BCUT2D eigenvalue weighted by Crippen LogP contribution is -2.33. The summed E-state index contributed by atoms with van der Waals surface area (Å²) in [6.45, 7) is 0.744. The molecule has 1 aliphatic rings. The Kier molecular flexibility index (Phi) is 5.85. The first kappa shape index (κ1) is 19.5. The minimum Gasteiger partial charge on any atom is -0.406 e. The highest BCUT2D eigenvalue weighted by Gasteiger charge is 2.32. The largest absolute Gasteiger partial charge is 0.573 e. The quantitative estimate of drug-likeness (QED) is 0.726. The van der Waals surface area contributed by atoms with Gasteiger partial charge in [-0.25, -0.2) is 8.42 Å². The van der Waals surface area contributed by atoms with Gasteiger partial charge in [0, 0.05) is 29.0 Å². The number of nitrogens with zero attached hydrogens (tertiary/aromatic N) is 1. The second-order valence-electron chi connectivity index (χ2n) is 5.59. The van der Waals surface area contributed by atoms with Crippen molar-refractivity contribution in [3.8, 4) is 5.75 Å². The van der Waals surface area contributed by atoms with Gasteiger partial charge in [0.05, 0.1) is 4.90 Å². The van der Waals surface area contributed by atoms with Crippen molar-refractivity contribution in [2.45, 2.75) is 22.9 Å². The summed E-state index contributed by atoms with van der Waals surface area (Å²) in [5.41, 5.74) is 0. The third-order valence-corrected chi connectivity index (χ3v) is 8.21. The van der Waals surface area contributed by atoms with Crippen LogP contribution in [0.3, 0.4) is 0 Å². The molecule has 2 heterocycles. The molecule has 26 heavy (non-hydrogen) atoms. The molecule has 3 rings (SSSR count). The molecule has 10 heteroatoms. The van der Waals surface area contributed by atoms with Crippen molar-refractivity contribution in [3.63, 3.8) is 0 Å². The van der Waals surface area contributed by atoms with Gasteiger partial charge in [-0.3, -0.25) is 0 Å². The van der Waals surface area contributed by atoms with Crippen LogP contribution in [0.1, 0.15) is 16.5 Å². The van der Waals surface area contributed by atoms with Crippen molar-refractivity contribution in [1.82, 2.24) is 4.31 Å². The molecule has 0 amide bonds. The second-order valence-corrected chi connectivity index (χ2v) is 9.81. The minimum atomic E-state index is -4.81. The average Bonchev–Trinajstić information content (AvgIpc) is 2.98. The number of hydrogen-bond donors (Lipinski definition) is 0. The molecule has 0 radical (unpaired) electrons.